The maximum absolute atomic E-state index is 12.0. The quantitative estimate of drug-likeness (QED) is 0.774. The third-order valence-electron chi connectivity index (χ3n) is 2.79. The first-order valence-electron chi connectivity index (χ1n) is 6.06. The van der Waals surface area contributed by atoms with E-state index in [0.717, 1.165) is 18.5 Å². The summed E-state index contributed by atoms with van der Waals surface area (Å²) in [6, 6.07) is 0.0254. The first-order valence-corrected chi connectivity index (χ1v) is 6.06. The van der Waals surface area contributed by atoms with Crippen LogP contribution >= 0.6 is 0 Å². The van der Waals surface area contributed by atoms with Crippen molar-refractivity contribution in [3.63, 3.8) is 0 Å². The lowest BCUT2D eigenvalue weighted by Gasteiger charge is -2.15. The zero-order valence-corrected chi connectivity index (χ0v) is 10.7. The predicted octanol–water partition coefficient (Wildman–Crippen LogP) is 0.873. The van der Waals surface area contributed by atoms with Crippen LogP contribution in [0.1, 0.15) is 42.7 Å². The topological polar surface area (TPSA) is 67.2 Å². The molecule has 96 valence electrons. The van der Waals surface area contributed by atoms with Gasteiger partial charge in [-0.25, -0.2) is 0 Å². The molecule has 5 nitrogen and oxygen atoms in total. The number of aliphatic hydroxyl groups is 1. The first kappa shape index (κ1) is 13.7. The van der Waals surface area contributed by atoms with Gasteiger partial charge in [0.05, 0.1) is 11.3 Å². The van der Waals surface area contributed by atoms with Gasteiger partial charge in [-0.15, -0.1) is 0 Å². The van der Waals surface area contributed by atoms with Crippen LogP contribution in [0.25, 0.3) is 0 Å². The number of amides is 1. The zero-order valence-electron chi connectivity index (χ0n) is 10.7. The molecule has 0 saturated carbocycles. The molecule has 0 bridgehead atoms. The second-order valence-corrected chi connectivity index (χ2v) is 4.11. The highest BCUT2D eigenvalue weighted by molar-refractivity contribution is 5.95. The molecule has 0 aliphatic carbocycles. The number of carbonyl (C=O) groups excluding carboxylic acids is 1. The van der Waals surface area contributed by atoms with E-state index in [4.69, 9.17) is 5.11 Å². The molecule has 1 unspecified atom stereocenters. The van der Waals surface area contributed by atoms with Crippen LogP contribution in [0.3, 0.4) is 0 Å². The Balaban J connectivity index is 2.74. The molecule has 0 radical (unpaired) electrons. The summed E-state index contributed by atoms with van der Waals surface area (Å²) in [7, 11) is 1.81. The monoisotopic (exact) mass is 239 g/mol. The Kier molecular flexibility index (Phi) is 5.15. The van der Waals surface area contributed by atoms with E-state index >= 15 is 0 Å². The van der Waals surface area contributed by atoms with Gasteiger partial charge in [0.2, 0.25) is 0 Å². The van der Waals surface area contributed by atoms with Crippen LogP contribution in [0, 0.1) is 0 Å². The molecule has 1 amide bonds. The third kappa shape index (κ3) is 3.56. The second kappa shape index (κ2) is 6.39. The van der Waals surface area contributed by atoms with Gasteiger partial charge in [0.1, 0.15) is 0 Å². The standard InChI is InChI=1S/C12H21N3O2/c1-4-9(6-7-16)13-12(17)10-8-15(3)14-11(10)5-2/h8-9,16H,4-7H2,1-3H3,(H,13,17). The van der Waals surface area contributed by atoms with Gasteiger partial charge in [0, 0.05) is 25.9 Å². The van der Waals surface area contributed by atoms with Gasteiger partial charge < -0.3 is 10.4 Å². The van der Waals surface area contributed by atoms with Gasteiger partial charge in [-0.3, -0.25) is 9.48 Å². The maximum Gasteiger partial charge on any atom is 0.254 e. The second-order valence-electron chi connectivity index (χ2n) is 4.11. The fraction of sp³-hybridized carbons (Fsp3) is 0.667. The zero-order chi connectivity index (χ0) is 12.8. The first-order chi connectivity index (χ1) is 8.12. The fourth-order valence-corrected chi connectivity index (χ4v) is 1.78. The van der Waals surface area contributed by atoms with E-state index in [1.54, 1.807) is 17.9 Å². The van der Waals surface area contributed by atoms with E-state index in [-0.39, 0.29) is 18.6 Å². The van der Waals surface area contributed by atoms with Crippen LogP contribution in [0.2, 0.25) is 0 Å². The van der Waals surface area contributed by atoms with Crippen molar-refractivity contribution >= 4 is 5.91 Å². The Morgan fingerprint density at radius 1 is 1.59 bits per heavy atom. The van der Waals surface area contributed by atoms with Crippen LogP contribution < -0.4 is 5.32 Å². The lowest BCUT2D eigenvalue weighted by molar-refractivity contribution is 0.0928. The molecular formula is C12H21N3O2. The maximum atomic E-state index is 12.0. The minimum absolute atomic E-state index is 0.0254. The van der Waals surface area contributed by atoms with E-state index in [2.05, 4.69) is 10.4 Å². The summed E-state index contributed by atoms with van der Waals surface area (Å²) in [5, 5.41) is 16.0. The molecule has 1 heterocycles. The Morgan fingerprint density at radius 3 is 2.82 bits per heavy atom. The summed E-state index contributed by atoms with van der Waals surface area (Å²) in [4.78, 5) is 12.0. The normalized spacial score (nSPS) is 12.5. The number of rotatable bonds is 6. The number of aromatic nitrogens is 2. The number of hydrogen-bond donors (Lipinski definition) is 2. The molecule has 2 N–H and O–H groups in total. The number of aryl methyl sites for hydroxylation is 2. The molecule has 1 aromatic rings. The van der Waals surface area contributed by atoms with Gasteiger partial charge in [-0.05, 0) is 19.3 Å². The van der Waals surface area contributed by atoms with Crippen molar-refractivity contribution in [3.8, 4) is 0 Å². The van der Waals surface area contributed by atoms with Crippen molar-refractivity contribution in [2.24, 2.45) is 7.05 Å². The van der Waals surface area contributed by atoms with Gasteiger partial charge in [-0.2, -0.15) is 5.10 Å². The lowest BCUT2D eigenvalue weighted by atomic mass is 10.1. The molecule has 1 atom stereocenters. The van der Waals surface area contributed by atoms with Crippen LogP contribution in [-0.4, -0.2) is 33.4 Å². The number of carbonyl (C=O) groups is 1. The van der Waals surface area contributed by atoms with Crippen molar-refractivity contribution in [1.82, 2.24) is 15.1 Å². The molecule has 0 fully saturated rings. The Labute approximate surface area is 102 Å². The molecule has 0 spiro atoms. The largest absolute Gasteiger partial charge is 0.396 e. The van der Waals surface area contributed by atoms with Crippen LogP contribution in [-0.2, 0) is 13.5 Å². The highest BCUT2D eigenvalue weighted by atomic mass is 16.3. The Bertz CT molecular complexity index is 374. The average molecular weight is 239 g/mol. The number of aliphatic hydroxyl groups excluding tert-OH is 1. The van der Waals surface area contributed by atoms with Gasteiger partial charge in [0.25, 0.3) is 5.91 Å². The van der Waals surface area contributed by atoms with Crippen molar-refractivity contribution in [2.45, 2.75) is 39.2 Å². The van der Waals surface area contributed by atoms with E-state index in [9.17, 15) is 4.79 Å². The summed E-state index contributed by atoms with van der Waals surface area (Å²) >= 11 is 0. The summed E-state index contributed by atoms with van der Waals surface area (Å²) in [5.74, 6) is -0.102. The van der Waals surface area contributed by atoms with Crippen LogP contribution in [0.4, 0.5) is 0 Å². The molecular weight excluding hydrogens is 218 g/mol. The van der Waals surface area contributed by atoms with Crippen molar-refractivity contribution in [1.29, 1.82) is 0 Å². The predicted molar refractivity (Wildman–Crippen MR) is 65.8 cm³/mol. The Hall–Kier alpha value is -1.36. The smallest absolute Gasteiger partial charge is 0.254 e. The molecule has 0 aliphatic rings. The van der Waals surface area contributed by atoms with Gasteiger partial charge in [0.15, 0.2) is 0 Å². The minimum Gasteiger partial charge on any atom is -0.396 e. The highest BCUT2D eigenvalue weighted by Crippen LogP contribution is 2.08. The fourth-order valence-electron chi connectivity index (χ4n) is 1.78. The molecule has 0 saturated heterocycles. The van der Waals surface area contributed by atoms with E-state index in [1.807, 2.05) is 13.8 Å². The van der Waals surface area contributed by atoms with Crippen LogP contribution in [0.5, 0.6) is 0 Å². The van der Waals surface area contributed by atoms with Crippen LogP contribution in [0.15, 0.2) is 6.20 Å². The highest BCUT2D eigenvalue weighted by Gasteiger charge is 2.17. The molecule has 1 aromatic heterocycles. The summed E-state index contributed by atoms with van der Waals surface area (Å²) in [5.41, 5.74) is 1.44. The third-order valence-corrected chi connectivity index (χ3v) is 2.79. The Morgan fingerprint density at radius 2 is 2.29 bits per heavy atom. The SMILES string of the molecule is CCc1nn(C)cc1C(=O)NC(CC)CCO. The molecule has 1 rings (SSSR count). The number of hydrogen-bond acceptors (Lipinski definition) is 3. The van der Waals surface area contributed by atoms with Gasteiger partial charge in [-0.1, -0.05) is 13.8 Å². The number of nitrogens with one attached hydrogen (secondary N) is 1. The van der Waals surface area contributed by atoms with Gasteiger partial charge >= 0.3 is 0 Å². The summed E-state index contributed by atoms with van der Waals surface area (Å²) in [6.07, 6.45) is 3.87. The molecule has 0 aliphatic heterocycles. The molecule has 5 heteroatoms. The van der Waals surface area contributed by atoms with Crippen molar-refractivity contribution < 1.29 is 9.90 Å². The molecule has 0 aromatic carbocycles. The average Bonchev–Trinajstić information content (AvgIpc) is 2.69. The lowest BCUT2D eigenvalue weighted by Crippen LogP contribution is -2.35. The summed E-state index contributed by atoms with van der Waals surface area (Å²) < 4.78 is 1.65. The van der Waals surface area contributed by atoms with E-state index in [0.29, 0.717) is 12.0 Å². The number of nitrogens with zero attached hydrogens (tertiary/aromatic N) is 2. The van der Waals surface area contributed by atoms with Crippen molar-refractivity contribution in [3.05, 3.63) is 17.5 Å². The van der Waals surface area contributed by atoms with E-state index in [1.165, 1.54) is 0 Å². The minimum atomic E-state index is -0.102. The van der Waals surface area contributed by atoms with E-state index < -0.39 is 0 Å². The summed E-state index contributed by atoms with van der Waals surface area (Å²) in [6.45, 7) is 4.06. The molecule has 17 heavy (non-hydrogen) atoms. The van der Waals surface area contributed by atoms with Crippen molar-refractivity contribution in [2.75, 3.05) is 6.61 Å².